The Balaban J connectivity index is 1.98. The zero-order valence-electron chi connectivity index (χ0n) is 15.2. The number of nitrogens with one attached hydrogen (secondary N) is 1. The van der Waals surface area contributed by atoms with Crippen LogP contribution >= 0.6 is 0 Å². The van der Waals surface area contributed by atoms with Crippen LogP contribution in [0.5, 0.6) is 5.75 Å². The van der Waals surface area contributed by atoms with Gasteiger partial charge in [0, 0.05) is 5.69 Å². The molecule has 7 heteroatoms. The number of carbonyl (C=O) groups is 2. The van der Waals surface area contributed by atoms with Crippen LogP contribution in [-0.2, 0) is 9.59 Å². The Morgan fingerprint density at radius 1 is 1.22 bits per heavy atom. The first-order valence-electron chi connectivity index (χ1n) is 8.59. The van der Waals surface area contributed by atoms with Gasteiger partial charge in [0.25, 0.3) is 11.8 Å². The third-order valence-electron chi connectivity index (χ3n) is 4.31. The lowest BCUT2D eigenvalue weighted by atomic mass is 10.0. The van der Waals surface area contributed by atoms with Gasteiger partial charge < -0.3 is 10.5 Å². The number of hydrogen-bond acceptors (Lipinski definition) is 5. The van der Waals surface area contributed by atoms with Crippen LogP contribution in [0.15, 0.2) is 48.2 Å². The lowest BCUT2D eigenvalue weighted by molar-refractivity contribution is -0.123. The monoisotopic (exact) mass is 366 g/mol. The summed E-state index contributed by atoms with van der Waals surface area (Å²) < 4.78 is 5.78. The highest BCUT2D eigenvalue weighted by molar-refractivity contribution is 6.12. The number of hydrazine groups is 1. The van der Waals surface area contributed by atoms with Crippen LogP contribution < -0.4 is 26.6 Å². The smallest absolute Gasteiger partial charge is 0.294 e. The molecule has 0 saturated carbocycles. The van der Waals surface area contributed by atoms with Crippen molar-refractivity contribution in [1.82, 2.24) is 5.43 Å². The summed E-state index contributed by atoms with van der Waals surface area (Å²) in [5.74, 6) is 5.21. The molecule has 0 unspecified atom stereocenters. The highest BCUT2D eigenvalue weighted by Gasteiger charge is 2.31. The van der Waals surface area contributed by atoms with E-state index in [-0.39, 0.29) is 12.3 Å². The van der Waals surface area contributed by atoms with E-state index in [0.717, 1.165) is 5.56 Å². The Bertz CT molecular complexity index is 904. The maximum absolute atomic E-state index is 12.9. The van der Waals surface area contributed by atoms with Gasteiger partial charge in [-0.3, -0.25) is 19.9 Å². The van der Waals surface area contributed by atoms with Gasteiger partial charge in [0.05, 0.1) is 5.69 Å². The number of nitrogens with two attached hydrogens (primary N) is 2. The molecule has 27 heavy (non-hydrogen) atoms. The van der Waals surface area contributed by atoms with E-state index in [9.17, 15) is 9.59 Å². The predicted octanol–water partition coefficient (Wildman–Crippen LogP) is 2.15. The quantitative estimate of drug-likeness (QED) is 0.252. The van der Waals surface area contributed by atoms with Gasteiger partial charge in [0.2, 0.25) is 0 Å². The molecule has 140 valence electrons. The molecule has 0 aromatic heterocycles. The molecule has 0 saturated heterocycles. The zero-order valence-corrected chi connectivity index (χ0v) is 15.2. The standard InChI is InChI=1S/C20H22N4O3/c1-12(2)14-5-3-13(4-6-14)9-18-20(26)24(11-19(25)23-22)16-10-15(21)7-8-17(16)27-18/h3-10,12H,11,21-22H2,1-2H3,(H,23,25)/b18-9+. The van der Waals surface area contributed by atoms with Gasteiger partial charge in [-0.15, -0.1) is 0 Å². The topological polar surface area (TPSA) is 111 Å². The molecule has 0 atom stereocenters. The Labute approximate surface area is 157 Å². The second-order valence-electron chi connectivity index (χ2n) is 6.62. The van der Waals surface area contributed by atoms with Crippen molar-refractivity contribution in [3.8, 4) is 5.75 Å². The van der Waals surface area contributed by atoms with E-state index < -0.39 is 11.8 Å². The fraction of sp³-hybridized carbons (Fsp3) is 0.200. The summed E-state index contributed by atoms with van der Waals surface area (Å²) in [5, 5.41) is 0. The largest absolute Gasteiger partial charge is 0.449 e. The van der Waals surface area contributed by atoms with Gasteiger partial charge in [-0.2, -0.15) is 0 Å². The number of ether oxygens (including phenoxy) is 1. The van der Waals surface area contributed by atoms with E-state index in [1.54, 1.807) is 24.3 Å². The van der Waals surface area contributed by atoms with Crippen molar-refractivity contribution >= 4 is 29.3 Å². The number of anilines is 2. The van der Waals surface area contributed by atoms with Gasteiger partial charge in [-0.25, -0.2) is 5.84 Å². The van der Waals surface area contributed by atoms with E-state index in [1.807, 2.05) is 29.7 Å². The van der Waals surface area contributed by atoms with Gasteiger partial charge in [-0.1, -0.05) is 38.1 Å². The van der Waals surface area contributed by atoms with Crippen molar-refractivity contribution in [3.63, 3.8) is 0 Å². The Morgan fingerprint density at radius 2 is 1.93 bits per heavy atom. The molecule has 5 N–H and O–H groups in total. The van der Waals surface area contributed by atoms with Gasteiger partial charge in [-0.05, 0) is 41.3 Å². The minimum atomic E-state index is -0.501. The van der Waals surface area contributed by atoms with Crippen molar-refractivity contribution in [2.45, 2.75) is 19.8 Å². The van der Waals surface area contributed by atoms with Crippen LogP contribution in [0.3, 0.4) is 0 Å². The van der Waals surface area contributed by atoms with Gasteiger partial charge in [0.15, 0.2) is 11.5 Å². The molecule has 0 aliphatic carbocycles. The second-order valence-corrected chi connectivity index (χ2v) is 6.62. The average Bonchev–Trinajstić information content (AvgIpc) is 2.65. The molecule has 2 aromatic carbocycles. The summed E-state index contributed by atoms with van der Waals surface area (Å²) in [7, 11) is 0. The molecule has 1 aliphatic rings. The molecule has 1 heterocycles. The molecule has 1 aliphatic heterocycles. The van der Waals surface area contributed by atoms with Crippen molar-refractivity contribution in [3.05, 3.63) is 59.4 Å². The molecule has 3 rings (SSSR count). The third kappa shape index (κ3) is 3.93. The molecule has 0 fully saturated rings. The molecular weight excluding hydrogens is 344 g/mol. The van der Waals surface area contributed by atoms with Crippen LogP contribution in [0.2, 0.25) is 0 Å². The lowest BCUT2D eigenvalue weighted by Gasteiger charge is -2.30. The third-order valence-corrected chi connectivity index (χ3v) is 4.31. The van der Waals surface area contributed by atoms with E-state index in [1.165, 1.54) is 10.5 Å². The first-order valence-corrected chi connectivity index (χ1v) is 8.59. The van der Waals surface area contributed by atoms with Crippen LogP contribution in [-0.4, -0.2) is 18.4 Å². The maximum atomic E-state index is 12.9. The summed E-state index contributed by atoms with van der Waals surface area (Å²) >= 11 is 0. The summed E-state index contributed by atoms with van der Waals surface area (Å²) in [5.41, 5.74) is 10.8. The van der Waals surface area contributed by atoms with Crippen LogP contribution in [0, 0.1) is 0 Å². The van der Waals surface area contributed by atoms with Gasteiger partial charge >= 0.3 is 0 Å². The summed E-state index contributed by atoms with van der Waals surface area (Å²) in [4.78, 5) is 26.0. The van der Waals surface area contributed by atoms with Crippen LogP contribution in [0.25, 0.3) is 6.08 Å². The Hall–Kier alpha value is -3.32. The van der Waals surface area contributed by atoms with Crippen LogP contribution in [0.1, 0.15) is 30.9 Å². The van der Waals surface area contributed by atoms with E-state index in [4.69, 9.17) is 16.3 Å². The zero-order chi connectivity index (χ0) is 19.6. The minimum absolute atomic E-state index is 0.120. The van der Waals surface area contributed by atoms with Crippen molar-refractivity contribution in [1.29, 1.82) is 0 Å². The number of nitrogen functional groups attached to an aromatic ring is 1. The highest BCUT2D eigenvalue weighted by Crippen LogP contribution is 2.37. The number of nitrogens with zero attached hydrogens (tertiary/aromatic N) is 1. The van der Waals surface area contributed by atoms with Gasteiger partial charge in [0.1, 0.15) is 6.54 Å². The maximum Gasteiger partial charge on any atom is 0.294 e. The summed E-state index contributed by atoms with van der Waals surface area (Å²) in [6.45, 7) is 3.99. The lowest BCUT2D eigenvalue weighted by Crippen LogP contribution is -2.45. The molecule has 2 amide bonds. The SMILES string of the molecule is CC(C)c1ccc(/C=C2/Oc3ccc(N)cc3N(CC(=O)NN)C2=O)cc1. The van der Waals surface area contributed by atoms with Crippen molar-refractivity contribution in [2.24, 2.45) is 5.84 Å². The number of fused-ring (bicyclic) bond motifs is 1. The molecule has 7 nitrogen and oxygen atoms in total. The first kappa shape index (κ1) is 18.5. The molecule has 0 radical (unpaired) electrons. The molecule has 2 aromatic rings. The number of amides is 2. The Morgan fingerprint density at radius 3 is 2.56 bits per heavy atom. The predicted molar refractivity (Wildman–Crippen MR) is 105 cm³/mol. The molecule has 0 spiro atoms. The van der Waals surface area contributed by atoms with E-state index in [2.05, 4.69) is 13.8 Å². The van der Waals surface area contributed by atoms with Crippen molar-refractivity contribution in [2.75, 3.05) is 17.2 Å². The summed E-state index contributed by atoms with van der Waals surface area (Å²) in [6, 6.07) is 12.8. The second kappa shape index (κ2) is 7.51. The fourth-order valence-corrected chi connectivity index (χ4v) is 2.80. The number of rotatable bonds is 4. The molecular formula is C20H22N4O3. The fourth-order valence-electron chi connectivity index (χ4n) is 2.80. The number of carbonyl (C=O) groups excluding carboxylic acids is 2. The highest BCUT2D eigenvalue weighted by atomic mass is 16.5. The first-order chi connectivity index (χ1) is 12.9. The van der Waals surface area contributed by atoms with E-state index in [0.29, 0.717) is 23.0 Å². The van der Waals surface area contributed by atoms with E-state index >= 15 is 0 Å². The van der Waals surface area contributed by atoms with Crippen molar-refractivity contribution < 1.29 is 14.3 Å². The average molecular weight is 366 g/mol. The van der Waals surface area contributed by atoms with Crippen LogP contribution in [0.4, 0.5) is 11.4 Å². The minimum Gasteiger partial charge on any atom is -0.449 e. The number of hydrogen-bond donors (Lipinski definition) is 3. The summed E-state index contributed by atoms with van der Waals surface area (Å²) in [6.07, 6.45) is 1.65. The number of benzene rings is 2. The Kier molecular flexibility index (Phi) is 5.14. The molecule has 0 bridgehead atoms. The normalized spacial score (nSPS) is 14.9.